The van der Waals surface area contributed by atoms with Crippen LogP contribution in [0.15, 0.2) is 42.5 Å². The van der Waals surface area contributed by atoms with E-state index >= 15 is 0 Å². The van der Waals surface area contributed by atoms with Gasteiger partial charge in [0.2, 0.25) is 5.75 Å². The number of rotatable bonds is 6. The lowest BCUT2D eigenvalue weighted by atomic mass is 10.2. The van der Waals surface area contributed by atoms with E-state index in [0.29, 0.717) is 5.69 Å². The van der Waals surface area contributed by atoms with E-state index in [1.165, 1.54) is 12.1 Å². The highest BCUT2D eigenvalue weighted by atomic mass is 16.6. The third-order valence-electron chi connectivity index (χ3n) is 3.06. The summed E-state index contributed by atoms with van der Waals surface area (Å²) in [7, 11) is 0. The first-order valence-electron chi connectivity index (χ1n) is 7.32. The third kappa shape index (κ3) is 5.57. The van der Waals surface area contributed by atoms with Gasteiger partial charge in [-0.2, -0.15) is 0 Å². The molecule has 1 aromatic heterocycles. The first-order valence-corrected chi connectivity index (χ1v) is 7.32. The summed E-state index contributed by atoms with van der Waals surface area (Å²) < 4.78 is 5.08. The first-order chi connectivity index (χ1) is 12.0. The number of carbonyl (C=O) groups is 2. The Bertz CT molecular complexity index is 779. The van der Waals surface area contributed by atoms with Crippen molar-refractivity contribution in [2.45, 2.75) is 13.5 Å². The summed E-state index contributed by atoms with van der Waals surface area (Å²) in [6, 6.07) is 11.4. The van der Waals surface area contributed by atoms with E-state index in [2.05, 4.69) is 15.6 Å². The molecule has 2 aromatic rings. The largest absolute Gasteiger partial charge is 0.476 e. The second-order valence-electron chi connectivity index (χ2n) is 5.04. The number of aryl methyl sites for hydroxylation is 1. The molecule has 2 rings (SSSR count). The maximum Gasteiger partial charge on any atom is 0.406 e. The van der Waals surface area contributed by atoms with E-state index in [0.717, 1.165) is 5.56 Å². The lowest BCUT2D eigenvalue weighted by Crippen LogP contribution is -2.41. The second-order valence-corrected chi connectivity index (χ2v) is 5.04. The minimum Gasteiger partial charge on any atom is -0.476 e. The van der Waals surface area contributed by atoms with Crippen LogP contribution in [-0.4, -0.2) is 28.5 Å². The Labute approximate surface area is 143 Å². The van der Waals surface area contributed by atoms with Crippen molar-refractivity contribution in [2.24, 2.45) is 0 Å². The number of nitrogens with zero attached hydrogens (tertiary/aromatic N) is 2. The number of aromatic nitrogens is 1. The summed E-state index contributed by atoms with van der Waals surface area (Å²) in [6.45, 7) is 1.30. The van der Waals surface area contributed by atoms with Crippen molar-refractivity contribution < 1.29 is 19.2 Å². The van der Waals surface area contributed by atoms with Gasteiger partial charge in [0.15, 0.2) is 6.61 Å². The zero-order valence-electron chi connectivity index (χ0n) is 13.4. The van der Waals surface area contributed by atoms with Crippen LogP contribution in [0.25, 0.3) is 0 Å². The van der Waals surface area contributed by atoms with Crippen LogP contribution in [0.4, 0.5) is 10.6 Å². The van der Waals surface area contributed by atoms with Crippen LogP contribution in [-0.2, 0) is 11.3 Å². The molecule has 9 heteroatoms. The van der Waals surface area contributed by atoms with E-state index in [1.807, 2.05) is 30.3 Å². The molecule has 0 aliphatic heterocycles. The van der Waals surface area contributed by atoms with Gasteiger partial charge < -0.3 is 20.2 Å². The van der Waals surface area contributed by atoms with Gasteiger partial charge in [-0.1, -0.05) is 30.3 Å². The van der Waals surface area contributed by atoms with Crippen LogP contribution in [0.3, 0.4) is 0 Å². The van der Waals surface area contributed by atoms with Crippen molar-refractivity contribution in [1.82, 2.24) is 15.6 Å². The molecule has 1 aromatic carbocycles. The van der Waals surface area contributed by atoms with Gasteiger partial charge in [0.25, 0.3) is 5.91 Å². The molecular formula is C16H16N4O5. The molecule has 0 aliphatic carbocycles. The Balaban J connectivity index is 1.82. The second kappa shape index (κ2) is 8.39. The first kappa shape index (κ1) is 17.9. The lowest BCUT2D eigenvalue weighted by Gasteiger charge is -2.08. The van der Waals surface area contributed by atoms with E-state index in [9.17, 15) is 19.7 Å². The highest BCUT2D eigenvalue weighted by Crippen LogP contribution is 2.24. The SMILES string of the molecule is Cc1ccc(OCC(=O)NC(=O)NCc2ccccc2)c([N+](=O)[O-])n1. The van der Waals surface area contributed by atoms with Gasteiger partial charge in [-0.05, 0) is 27.6 Å². The Morgan fingerprint density at radius 2 is 1.92 bits per heavy atom. The predicted molar refractivity (Wildman–Crippen MR) is 87.9 cm³/mol. The zero-order valence-corrected chi connectivity index (χ0v) is 13.4. The van der Waals surface area contributed by atoms with Crippen molar-refractivity contribution in [3.05, 3.63) is 63.8 Å². The summed E-state index contributed by atoms with van der Waals surface area (Å²) >= 11 is 0. The Kier molecular flexibility index (Phi) is 5.99. The van der Waals surface area contributed by atoms with Gasteiger partial charge in [0, 0.05) is 13.5 Å². The van der Waals surface area contributed by atoms with Crippen LogP contribution in [0.5, 0.6) is 5.75 Å². The molecule has 0 radical (unpaired) electrons. The highest BCUT2D eigenvalue weighted by Gasteiger charge is 2.19. The third-order valence-corrected chi connectivity index (χ3v) is 3.06. The fraction of sp³-hybridized carbons (Fsp3) is 0.188. The molecule has 0 saturated carbocycles. The summed E-state index contributed by atoms with van der Waals surface area (Å²) in [5.41, 5.74) is 1.33. The normalized spacial score (nSPS) is 9.96. The van der Waals surface area contributed by atoms with E-state index < -0.39 is 29.3 Å². The van der Waals surface area contributed by atoms with Crippen molar-refractivity contribution in [3.8, 4) is 5.75 Å². The van der Waals surface area contributed by atoms with E-state index in [4.69, 9.17) is 4.74 Å². The molecule has 0 atom stereocenters. The summed E-state index contributed by atoms with van der Waals surface area (Å²) in [5.74, 6) is -1.36. The van der Waals surface area contributed by atoms with Gasteiger partial charge >= 0.3 is 11.8 Å². The maximum atomic E-state index is 11.7. The van der Waals surface area contributed by atoms with Gasteiger partial charge in [0.1, 0.15) is 5.69 Å². The number of carbonyl (C=O) groups excluding carboxylic acids is 2. The maximum absolute atomic E-state index is 11.7. The van der Waals surface area contributed by atoms with Crippen molar-refractivity contribution >= 4 is 17.8 Å². The van der Waals surface area contributed by atoms with Crippen LogP contribution in [0.1, 0.15) is 11.3 Å². The number of amides is 3. The lowest BCUT2D eigenvalue weighted by molar-refractivity contribution is -0.390. The van der Waals surface area contributed by atoms with E-state index in [1.54, 1.807) is 6.92 Å². The fourth-order valence-electron chi connectivity index (χ4n) is 1.90. The number of nitrogens with one attached hydrogen (secondary N) is 2. The quantitative estimate of drug-likeness (QED) is 0.607. The minimum absolute atomic E-state index is 0.143. The molecule has 0 fully saturated rings. The number of pyridine rings is 1. The number of hydrogen-bond acceptors (Lipinski definition) is 6. The summed E-state index contributed by atoms with van der Waals surface area (Å²) in [5, 5.41) is 15.5. The molecule has 1 heterocycles. The number of imide groups is 1. The number of benzene rings is 1. The Morgan fingerprint density at radius 3 is 2.60 bits per heavy atom. The average molecular weight is 344 g/mol. The standard InChI is InChI=1S/C16H16N4O5/c1-11-7-8-13(15(18-11)20(23)24)25-10-14(21)19-16(22)17-9-12-5-3-2-4-6-12/h2-8H,9-10H2,1H3,(H2,17,19,21,22). The summed E-state index contributed by atoms with van der Waals surface area (Å²) in [4.78, 5) is 37.3. The molecule has 2 N–H and O–H groups in total. The molecule has 0 unspecified atom stereocenters. The van der Waals surface area contributed by atoms with Crippen molar-refractivity contribution in [3.63, 3.8) is 0 Å². The van der Waals surface area contributed by atoms with Gasteiger partial charge in [0.05, 0.1) is 0 Å². The topological polar surface area (TPSA) is 123 Å². The fourth-order valence-corrected chi connectivity index (χ4v) is 1.90. The molecule has 130 valence electrons. The predicted octanol–water partition coefficient (Wildman–Crippen LogP) is 1.70. The molecule has 3 amide bonds. The zero-order chi connectivity index (χ0) is 18.2. The number of nitro groups is 1. The molecule has 0 aliphatic rings. The summed E-state index contributed by atoms with van der Waals surface area (Å²) in [6.07, 6.45) is 0. The molecule has 25 heavy (non-hydrogen) atoms. The Hall–Kier alpha value is -3.49. The van der Waals surface area contributed by atoms with Gasteiger partial charge in [-0.25, -0.2) is 4.79 Å². The molecular weight excluding hydrogens is 328 g/mol. The number of urea groups is 1. The molecule has 0 saturated heterocycles. The van der Waals surface area contributed by atoms with Crippen LogP contribution in [0.2, 0.25) is 0 Å². The van der Waals surface area contributed by atoms with Crippen LogP contribution >= 0.6 is 0 Å². The monoisotopic (exact) mass is 344 g/mol. The van der Waals surface area contributed by atoms with Crippen molar-refractivity contribution in [1.29, 1.82) is 0 Å². The molecule has 0 bridgehead atoms. The highest BCUT2D eigenvalue weighted by molar-refractivity contribution is 5.95. The number of ether oxygens (including phenoxy) is 1. The minimum atomic E-state index is -0.736. The van der Waals surface area contributed by atoms with E-state index in [-0.39, 0.29) is 12.3 Å². The Morgan fingerprint density at radius 1 is 1.20 bits per heavy atom. The van der Waals surface area contributed by atoms with Gasteiger partial charge in [-0.3, -0.25) is 10.1 Å². The molecule has 0 spiro atoms. The van der Waals surface area contributed by atoms with Gasteiger partial charge in [-0.15, -0.1) is 0 Å². The molecule has 9 nitrogen and oxygen atoms in total. The van der Waals surface area contributed by atoms with Crippen molar-refractivity contribution in [2.75, 3.05) is 6.61 Å². The average Bonchev–Trinajstić information content (AvgIpc) is 2.59. The smallest absolute Gasteiger partial charge is 0.406 e. The number of hydrogen-bond donors (Lipinski definition) is 2. The van der Waals surface area contributed by atoms with Crippen LogP contribution < -0.4 is 15.4 Å². The van der Waals surface area contributed by atoms with Crippen LogP contribution in [0, 0.1) is 17.0 Å².